The van der Waals surface area contributed by atoms with Crippen LogP contribution in [0, 0.1) is 5.92 Å². The zero-order valence-electron chi connectivity index (χ0n) is 16.6. The molecular weight excluding hydrogens is 338 g/mol. The number of rotatable bonds is 4. The van der Waals surface area contributed by atoms with Gasteiger partial charge in [-0.15, -0.1) is 0 Å². The van der Waals surface area contributed by atoms with Crippen molar-refractivity contribution in [3.63, 3.8) is 0 Å². The van der Waals surface area contributed by atoms with Gasteiger partial charge in [0, 0.05) is 38.8 Å². The fourth-order valence-corrected chi connectivity index (χ4v) is 5.25. The number of likely N-dealkylation sites (tertiary alicyclic amines) is 1. The Morgan fingerprint density at radius 1 is 1.00 bits per heavy atom. The largest absolute Gasteiger partial charge is 0.495 e. The number of carbonyl (C=O) groups excluding carboxylic acids is 1. The van der Waals surface area contributed by atoms with Gasteiger partial charge in [0.2, 0.25) is 5.91 Å². The fourth-order valence-electron chi connectivity index (χ4n) is 5.25. The van der Waals surface area contributed by atoms with Crippen molar-refractivity contribution in [1.29, 1.82) is 0 Å². The second-order valence-electron chi connectivity index (χ2n) is 8.28. The quantitative estimate of drug-likeness (QED) is 0.815. The van der Waals surface area contributed by atoms with E-state index in [0.29, 0.717) is 18.5 Å². The van der Waals surface area contributed by atoms with Gasteiger partial charge in [0.15, 0.2) is 0 Å². The number of nitrogens with zero attached hydrogens (tertiary/aromatic N) is 3. The molecular formula is C22H33N3O2. The van der Waals surface area contributed by atoms with Gasteiger partial charge in [-0.25, -0.2) is 0 Å². The molecule has 3 aliphatic rings. The number of piperazine rings is 1. The number of carbonyl (C=O) groups is 1. The highest BCUT2D eigenvalue weighted by molar-refractivity contribution is 5.79. The maximum atomic E-state index is 13.0. The highest BCUT2D eigenvalue weighted by Crippen LogP contribution is 2.35. The van der Waals surface area contributed by atoms with E-state index in [2.05, 4.69) is 26.8 Å². The summed E-state index contributed by atoms with van der Waals surface area (Å²) >= 11 is 0. The maximum Gasteiger partial charge on any atom is 0.237 e. The smallest absolute Gasteiger partial charge is 0.237 e. The minimum absolute atomic E-state index is 0.359. The van der Waals surface area contributed by atoms with Gasteiger partial charge in [-0.05, 0) is 43.7 Å². The van der Waals surface area contributed by atoms with Gasteiger partial charge >= 0.3 is 0 Å². The summed E-state index contributed by atoms with van der Waals surface area (Å²) in [6, 6.07) is 8.73. The molecule has 0 aromatic heterocycles. The van der Waals surface area contributed by atoms with Crippen LogP contribution in [-0.2, 0) is 4.79 Å². The summed E-state index contributed by atoms with van der Waals surface area (Å²) in [5.74, 6) is 2.05. The summed E-state index contributed by atoms with van der Waals surface area (Å²) in [6.07, 6.45) is 7.71. The SMILES string of the molecule is COc1ccccc1N1CCN(CC(=O)N2CCC[C@@H]3CCCC[C@@H]32)CC1. The molecule has 148 valence electrons. The number of amides is 1. The van der Waals surface area contributed by atoms with E-state index in [9.17, 15) is 4.79 Å². The number of fused-ring (bicyclic) bond motifs is 1. The van der Waals surface area contributed by atoms with E-state index in [0.717, 1.165) is 50.1 Å². The van der Waals surface area contributed by atoms with Crippen molar-refractivity contribution in [1.82, 2.24) is 9.80 Å². The van der Waals surface area contributed by atoms with E-state index in [1.165, 1.54) is 38.5 Å². The zero-order chi connectivity index (χ0) is 18.6. The Bertz CT molecular complexity index is 640. The van der Waals surface area contributed by atoms with Crippen LogP contribution in [0.1, 0.15) is 38.5 Å². The number of hydrogen-bond donors (Lipinski definition) is 0. The molecule has 1 aliphatic carbocycles. The van der Waals surface area contributed by atoms with Crippen molar-refractivity contribution in [2.45, 2.75) is 44.6 Å². The minimum Gasteiger partial charge on any atom is -0.495 e. The highest BCUT2D eigenvalue weighted by Gasteiger charge is 2.36. The van der Waals surface area contributed by atoms with Crippen molar-refractivity contribution < 1.29 is 9.53 Å². The molecule has 2 atom stereocenters. The average Bonchev–Trinajstić information content (AvgIpc) is 2.74. The number of piperidine rings is 1. The first-order valence-corrected chi connectivity index (χ1v) is 10.7. The van der Waals surface area contributed by atoms with Crippen molar-refractivity contribution >= 4 is 11.6 Å². The molecule has 5 nitrogen and oxygen atoms in total. The first-order chi connectivity index (χ1) is 13.3. The molecule has 2 heterocycles. The van der Waals surface area contributed by atoms with Crippen LogP contribution < -0.4 is 9.64 Å². The van der Waals surface area contributed by atoms with Crippen LogP contribution >= 0.6 is 0 Å². The molecule has 0 spiro atoms. The summed E-state index contributed by atoms with van der Waals surface area (Å²) in [5.41, 5.74) is 1.16. The van der Waals surface area contributed by atoms with Gasteiger partial charge in [0.25, 0.3) is 0 Å². The van der Waals surface area contributed by atoms with E-state index in [1.807, 2.05) is 12.1 Å². The van der Waals surface area contributed by atoms with Gasteiger partial charge in [-0.2, -0.15) is 0 Å². The van der Waals surface area contributed by atoms with Crippen molar-refractivity contribution in [2.24, 2.45) is 5.92 Å². The molecule has 1 aromatic carbocycles. The van der Waals surface area contributed by atoms with E-state index < -0.39 is 0 Å². The third kappa shape index (κ3) is 4.08. The van der Waals surface area contributed by atoms with Crippen LogP contribution in [0.3, 0.4) is 0 Å². The molecule has 2 aliphatic heterocycles. The Morgan fingerprint density at radius 3 is 2.56 bits per heavy atom. The number of para-hydroxylation sites is 2. The molecule has 4 rings (SSSR count). The molecule has 1 aromatic rings. The molecule has 0 N–H and O–H groups in total. The van der Waals surface area contributed by atoms with Crippen LogP contribution in [-0.4, -0.2) is 68.1 Å². The number of methoxy groups -OCH3 is 1. The lowest BCUT2D eigenvalue weighted by Crippen LogP contribution is -2.54. The normalized spacial score (nSPS) is 26.6. The zero-order valence-corrected chi connectivity index (χ0v) is 16.6. The third-order valence-electron chi connectivity index (χ3n) is 6.72. The van der Waals surface area contributed by atoms with Crippen LogP contribution in [0.25, 0.3) is 0 Å². The minimum atomic E-state index is 0.359. The summed E-state index contributed by atoms with van der Waals surface area (Å²) in [6.45, 7) is 5.32. The topological polar surface area (TPSA) is 36.0 Å². The Hall–Kier alpha value is -1.75. The lowest BCUT2D eigenvalue weighted by Gasteiger charge is -2.45. The van der Waals surface area contributed by atoms with Crippen molar-refractivity contribution in [2.75, 3.05) is 51.3 Å². The van der Waals surface area contributed by atoms with Crippen molar-refractivity contribution in [3.8, 4) is 5.75 Å². The Kier molecular flexibility index (Phi) is 5.86. The van der Waals surface area contributed by atoms with Crippen LogP contribution in [0.5, 0.6) is 5.75 Å². The Morgan fingerprint density at radius 2 is 1.74 bits per heavy atom. The van der Waals surface area contributed by atoms with E-state index >= 15 is 0 Å². The summed E-state index contributed by atoms with van der Waals surface area (Å²) in [7, 11) is 1.73. The average molecular weight is 372 g/mol. The second-order valence-corrected chi connectivity index (χ2v) is 8.28. The fraction of sp³-hybridized carbons (Fsp3) is 0.682. The van der Waals surface area contributed by atoms with Crippen molar-refractivity contribution in [3.05, 3.63) is 24.3 Å². The van der Waals surface area contributed by atoms with Gasteiger partial charge in [-0.1, -0.05) is 25.0 Å². The first kappa shape index (κ1) is 18.6. The van der Waals surface area contributed by atoms with Crippen LogP contribution in [0.4, 0.5) is 5.69 Å². The Labute approximate surface area is 163 Å². The summed E-state index contributed by atoms with van der Waals surface area (Å²) in [4.78, 5) is 20.0. The first-order valence-electron chi connectivity index (χ1n) is 10.7. The molecule has 1 saturated carbocycles. The predicted octanol–water partition coefficient (Wildman–Crippen LogP) is 3.00. The molecule has 5 heteroatoms. The predicted molar refractivity (Wildman–Crippen MR) is 108 cm³/mol. The summed E-state index contributed by atoms with van der Waals surface area (Å²) in [5, 5.41) is 0. The van der Waals surface area contributed by atoms with Gasteiger partial charge in [0.1, 0.15) is 5.75 Å². The molecule has 3 fully saturated rings. The number of ether oxygens (including phenoxy) is 1. The Balaban J connectivity index is 1.32. The number of anilines is 1. The van der Waals surface area contributed by atoms with Gasteiger partial charge < -0.3 is 14.5 Å². The molecule has 1 amide bonds. The van der Waals surface area contributed by atoms with Gasteiger partial charge in [0.05, 0.1) is 19.3 Å². The van der Waals surface area contributed by atoms with E-state index in [4.69, 9.17) is 4.74 Å². The van der Waals surface area contributed by atoms with Gasteiger partial charge in [-0.3, -0.25) is 9.69 Å². The summed E-state index contributed by atoms with van der Waals surface area (Å²) < 4.78 is 5.50. The molecule has 27 heavy (non-hydrogen) atoms. The van der Waals surface area contributed by atoms with Crippen LogP contribution in [0.2, 0.25) is 0 Å². The van der Waals surface area contributed by atoms with E-state index in [1.54, 1.807) is 7.11 Å². The lowest BCUT2D eigenvalue weighted by molar-refractivity contribution is -0.138. The second kappa shape index (κ2) is 8.51. The number of benzene rings is 1. The molecule has 0 bridgehead atoms. The van der Waals surface area contributed by atoms with E-state index in [-0.39, 0.29) is 0 Å². The molecule has 0 unspecified atom stereocenters. The maximum absolute atomic E-state index is 13.0. The van der Waals surface area contributed by atoms with Crippen LogP contribution in [0.15, 0.2) is 24.3 Å². The molecule has 0 radical (unpaired) electrons. The third-order valence-corrected chi connectivity index (χ3v) is 6.72. The lowest BCUT2D eigenvalue weighted by atomic mass is 9.78. The highest BCUT2D eigenvalue weighted by atomic mass is 16.5. The monoisotopic (exact) mass is 371 g/mol. The number of hydrogen-bond acceptors (Lipinski definition) is 4. The standard InChI is InChI=1S/C22H33N3O2/c1-27-21-11-5-4-10-20(21)24-15-13-23(14-16-24)17-22(26)25-12-6-8-18-7-2-3-9-19(18)25/h4-5,10-11,18-19H,2-3,6-9,12-17H2,1H3/t18-,19-/m0/s1. The molecule has 2 saturated heterocycles.